The first-order valence-corrected chi connectivity index (χ1v) is 9.13. The number of para-hydroxylation sites is 1. The summed E-state index contributed by atoms with van der Waals surface area (Å²) in [6.45, 7) is 3.26. The maximum atomic E-state index is 12.4. The van der Waals surface area contributed by atoms with Gasteiger partial charge in [0.1, 0.15) is 12.4 Å². The molecule has 1 N–H and O–H groups in total. The molecule has 136 valence electrons. The lowest BCUT2D eigenvalue weighted by atomic mass is 10.2. The topological polar surface area (TPSA) is 67.9 Å². The molecular formula is C19H26N2O4. The number of likely N-dealkylation sites (tertiary alicyclic amines) is 1. The maximum absolute atomic E-state index is 12.4. The van der Waals surface area contributed by atoms with Gasteiger partial charge >= 0.3 is 0 Å². The number of nitrogens with one attached hydrogen (secondary N) is 1. The molecule has 1 unspecified atom stereocenters. The minimum atomic E-state index is -0.211. The van der Waals surface area contributed by atoms with Crippen molar-refractivity contribution in [2.24, 2.45) is 0 Å². The molecule has 2 aliphatic heterocycles. The number of carbonyl (C=O) groups is 2. The van der Waals surface area contributed by atoms with Crippen molar-refractivity contribution in [3.05, 3.63) is 29.8 Å². The molecule has 6 nitrogen and oxygen atoms in total. The van der Waals surface area contributed by atoms with E-state index in [2.05, 4.69) is 5.32 Å². The fraction of sp³-hybridized carbons (Fsp3) is 0.579. The molecule has 25 heavy (non-hydrogen) atoms. The Balaban J connectivity index is 1.48. The lowest BCUT2D eigenvalue weighted by molar-refractivity contribution is -0.129. The molecule has 1 atom stereocenters. The molecule has 2 aliphatic rings. The van der Waals surface area contributed by atoms with E-state index in [1.165, 1.54) is 0 Å². The molecule has 0 radical (unpaired) electrons. The maximum Gasteiger partial charge on any atom is 0.255 e. The van der Waals surface area contributed by atoms with Crippen LogP contribution in [0.1, 0.15) is 42.5 Å². The highest BCUT2D eigenvalue weighted by atomic mass is 16.5. The second-order valence-electron chi connectivity index (χ2n) is 6.54. The van der Waals surface area contributed by atoms with Crippen molar-refractivity contribution >= 4 is 11.8 Å². The van der Waals surface area contributed by atoms with Crippen LogP contribution in [0.25, 0.3) is 0 Å². The number of hydrogen-bond donors (Lipinski definition) is 1. The third-order valence-electron chi connectivity index (χ3n) is 4.66. The van der Waals surface area contributed by atoms with Gasteiger partial charge in [0.05, 0.1) is 11.7 Å². The number of benzene rings is 1. The van der Waals surface area contributed by atoms with Crippen molar-refractivity contribution in [1.82, 2.24) is 10.2 Å². The number of carbonyl (C=O) groups excluding carboxylic acids is 2. The fourth-order valence-electron chi connectivity index (χ4n) is 3.24. The molecule has 6 heteroatoms. The van der Waals surface area contributed by atoms with Crippen molar-refractivity contribution in [1.29, 1.82) is 0 Å². The number of hydrogen-bond acceptors (Lipinski definition) is 4. The predicted octanol–water partition coefficient (Wildman–Crippen LogP) is 1.99. The average molecular weight is 346 g/mol. The molecule has 2 fully saturated rings. The van der Waals surface area contributed by atoms with Gasteiger partial charge in [-0.2, -0.15) is 0 Å². The number of nitrogens with zero attached hydrogens (tertiary/aromatic N) is 1. The lowest BCUT2D eigenvalue weighted by Crippen LogP contribution is -2.32. The Morgan fingerprint density at radius 1 is 1.20 bits per heavy atom. The zero-order valence-corrected chi connectivity index (χ0v) is 14.5. The first-order valence-electron chi connectivity index (χ1n) is 9.13. The molecule has 1 aromatic rings. The normalized spacial score (nSPS) is 19.8. The van der Waals surface area contributed by atoms with Gasteiger partial charge in [-0.15, -0.1) is 0 Å². The highest BCUT2D eigenvalue weighted by Crippen LogP contribution is 2.20. The van der Waals surface area contributed by atoms with Crippen LogP contribution in [0.4, 0.5) is 0 Å². The van der Waals surface area contributed by atoms with Gasteiger partial charge in [0.15, 0.2) is 0 Å². The van der Waals surface area contributed by atoms with E-state index in [1.54, 1.807) is 12.1 Å². The van der Waals surface area contributed by atoms with E-state index in [1.807, 2.05) is 17.0 Å². The van der Waals surface area contributed by atoms with Crippen LogP contribution < -0.4 is 10.1 Å². The van der Waals surface area contributed by atoms with E-state index < -0.39 is 0 Å². The summed E-state index contributed by atoms with van der Waals surface area (Å²) in [5, 5.41) is 2.82. The van der Waals surface area contributed by atoms with Gasteiger partial charge in [0, 0.05) is 32.7 Å². The van der Waals surface area contributed by atoms with Gasteiger partial charge < -0.3 is 19.7 Å². The Labute approximate surface area is 148 Å². The third kappa shape index (κ3) is 4.95. The molecule has 0 spiro atoms. The summed E-state index contributed by atoms with van der Waals surface area (Å²) in [5.74, 6) is 0.458. The third-order valence-corrected chi connectivity index (χ3v) is 4.66. The summed E-state index contributed by atoms with van der Waals surface area (Å²) in [7, 11) is 0. The minimum absolute atomic E-state index is 0.106. The predicted molar refractivity (Wildman–Crippen MR) is 93.7 cm³/mol. The number of rotatable bonds is 7. The molecule has 0 aromatic heterocycles. The van der Waals surface area contributed by atoms with Crippen molar-refractivity contribution in [2.75, 3.05) is 32.8 Å². The molecule has 1 aromatic carbocycles. The first kappa shape index (κ1) is 17.7. The summed E-state index contributed by atoms with van der Waals surface area (Å²) < 4.78 is 11.3. The molecule has 2 heterocycles. The van der Waals surface area contributed by atoms with Gasteiger partial charge in [0.2, 0.25) is 5.91 Å². The zero-order valence-electron chi connectivity index (χ0n) is 14.5. The smallest absolute Gasteiger partial charge is 0.255 e. The highest BCUT2D eigenvalue weighted by molar-refractivity contribution is 5.97. The summed E-state index contributed by atoms with van der Waals surface area (Å²) in [4.78, 5) is 26.3. The molecule has 0 aliphatic carbocycles. The second-order valence-corrected chi connectivity index (χ2v) is 6.54. The van der Waals surface area contributed by atoms with Crippen LogP contribution in [-0.2, 0) is 9.53 Å². The Bertz CT molecular complexity index is 593. The van der Waals surface area contributed by atoms with Gasteiger partial charge in [-0.1, -0.05) is 12.1 Å². The van der Waals surface area contributed by atoms with E-state index in [4.69, 9.17) is 9.47 Å². The molecule has 0 bridgehead atoms. The van der Waals surface area contributed by atoms with E-state index in [-0.39, 0.29) is 17.9 Å². The van der Waals surface area contributed by atoms with Crippen LogP contribution in [-0.4, -0.2) is 55.7 Å². The molecule has 3 rings (SSSR count). The number of ether oxygens (including phenoxy) is 2. The molecular weight excluding hydrogens is 320 g/mol. The SMILES string of the molecule is O=C(NCCC(=O)N1CCCC1)c1ccccc1OCC1CCCO1. The van der Waals surface area contributed by atoms with E-state index in [0.29, 0.717) is 30.9 Å². The monoisotopic (exact) mass is 346 g/mol. The van der Waals surface area contributed by atoms with Crippen LogP contribution in [0.2, 0.25) is 0 Å². The minimum Gasteiger partial charge on any atom is -0.490 e. The van der Waals surface area contributed by atoms with Crippen LogP contribution in [0.5, 0.6) is 5.75 Å². The van der Waals surface area contributed by atoms with Crippen LogP contribution in [0.15, 0.2) is 24.3 Å². The highest BCUT2D eigenvalue weighted by Gasteiger charge is 2.20. The Morgan fingerprint density at radius 2 is 2.00 bits per heavy atom. The molecule has 2 saturated heterocycles. The van der Waals surface area contributed by atoms with Crippen molar-refractivity contribution in [3.63, 3.8) is 0 Å². The van der Waals surface area contributed by atoms with Gasteiger partial charge in [-0.05, 0) is 37.8 Å². The number of amides is 2. The van der Waals surface area contributed by atoms with Gasteiger partial charge in [-0.25, -0.2) is 0 Å². The quantitative estimate of drug-likeness (QED) is 0.820. The second kappa shape index (κ2) is 8.85. The van der Waals surface area contributed by atoms with Crippen LogP contribution in [0, 0.1) is 0 Å². The van der Waals surface area contributed by atoms with Crippen LogP contribution >= 0.6 is 0 Å². The van der Waals surface area contributed by atoms with E-state index >= 15 is 0 Å². The lowest BCUT2D eigenvalue weighted by Gasteiger charge is -2.16. The van der Waals surface area contributed by atoms with E-state index in [0.717, 1.165) is 45.4 Å². The van der Waals surface area contributed by atoms with Crippen molar-refractivity contribution in [3.8, 4) is 5.75 Å². The largest absolute Gasteiger partial charge is 0.490 e. The summed E-state index contributed by atoms with van der Waals surface area (Å²) >= 11 is 0. The Kier molecular flexibility index (Phi) is 6.28. The Morgan fingerprint density at radius 3 is 2.76 bits per heavy atom. The van der Waals surface area contributed by atoms with E-state index in [9.17, 15) is 9.59 Å². The van der Waals surface area contributed by atoms with Gasteiger partial charge in [-0.3, -0.25) is 9.59 Å². The fourth-order valence-corrected chi connectivity index (χ4v) is 3.24. The summed E-state index contributed by atoms with van der Waals surface area (Å²) in [6, 6.07) is 7.18. The van der Waals surface area contributed by atoms with Crippen molar-refractivity contribution < 1.29 is 19.1 Å². The summed E-state index contributed by atoms with van der Waals surface area (Å²) in [5.41, 5.74) is 0.495. The van der Waals surface area contributed by atoms with Crippen LogP contribution in [0.3, 0.4) is 0 Å². The van der Waals surface area contributed by atoms with Gasteiger partial charge in [0.25, 0.3) is 5.91 Å². The molecule has 0 saturated carbocycles. The Hall–Kier alpha value is -2.08. The summed E-state index contributed by atoms with van der Waals surface area (Å²) in [6.07, 6.45) is 4.65. The average Bonchev–Trinajstić information content (AvgIpc) is 3.33. The standard InChI is InChI=1S/C19H26N2O4/c22-18(21-11-3-4-12-21)9-10-20-19(23)16-7-1-2-8-17(16)25-14-15-6-5-13-24-15/h1-2,7-8,15H,3-6,9-14H2,(H,20,23). The zero-order chi connectivity index (χ0) is 17.5. The first-order chi connectivity index (χ1) is 12.2. The molecule has 2 amide bonds. The van der Waals surface area contributed by atoms with Crippen molar-refractivity contribution in [2.45, 2.75) is 38.2 Å².